The second-order valence-electron chi connectivity index (χ2n) is 11.5. The van der Waals surface area contributed by atoms with E-state index in [0.717, 1.165) is 12.8 Å². The van der Waals surface area contributed by atoms with E-state index in [2.05, 4.69) is 176 Å². The van der Waals surface area contributed by atoms with Crippen LogP contribution in [0.1, 0.15) is 36.0 Å². The molecule has 0 nitrogen and oxygen atoms in total. The second kappa shape index (κ2) is 14.9. The van der Waals surface area contributed by atoms with Crippen molar-refractivity contribution in [2.45, 2.75) is 19.3 Å². The van der Waals surface area contributed by atoms with Crippen LogP contribution in [0.3, 0.4) is 0 Å². The van der Waals surface area contributed by atoms with E-state index in [0.29, 0.717) is 0 Å². The van der Waals surface area contributed by atoms with Crippen molar-refractivity contribution >= 4 is 44.5 Å². The number of allylic oxidation sites excluding steroid dienone is 9. The van der Waals surface area contributed by atoms with Crippen LogP contribution in [0, 0.1) is 0 Å². The fourth-order valence-electron chi connectivity index (χ4n) is 5.76. The van der Waals surface area contributed by atoms with Gasteiger partial charge in [0.25, 0.3) is 0 Å². The first-order valence-electron chi connectivity index (χ1n) is 15.9. The predicted molar refractivity (Wildman–Crippen MR) is 200 cm³/mol. The number of rotatable bonds is 7. The summed E-state index contributed by atoms with van der Waals surface area (Å²) in [4.78, 5) is 0. The van der Waals surface area contributed by atoms with Crippen molar-refractivity contribution in [1.29, 1.82) is 0 Å². The van der Waals surface area contributed by atoms with Crippen molar-refractivity contribution in [3.8, 4) is 20.0 Å². The van der Waals surface area contributed by atoms with Gasteiger partial charge in [0, 0.05) is 0 Å². The van der Waals surface area contributed by atoms with Gasteiger partial charge < -0.3 is 0 Å². The summed E-state index contributed by atoms with van der Waals surface area (Å²) in [6, 6.07) is 48.2. The Morgan fingerprint density at radius 2 is 1.00 bits per heavy atom. The predicted octanol–water partition coefficient (Wildman–Crippen LogP) is 11.1. The molecule has 5 aromatic rings. The Balaban J connectivity index is 1.18. The van der Waals surface area contributed by atoms with Gasteiger partial charge in [-0.05, 0) is 0 Å². The molecule has 0 N–H and O–H groups in total. The van der Waals surface area contributed by atoms with E-state index < -0.39 is 0 Å². The summed E-state index contributed by atoms with van der Waals surface area (Å²) in [6.45, 7) is 0. The minimum absolute atomic E-state index is 0.261. The summed E-state index contributed by atoms with van der Waals surface area (Å²) in [5, 5.41) is 0. The molecule has 0 fully saturated rings. The maximum absolute atomic E-state index is 2.41. The van der Waals surface area contributed by atoms with Gasteiger partial charge in [0.05, 0.1) is 0 Å². The molecule has 0 radical (unpaired) electrons. The zero-order valence-corrected chi connectivity index (χ0v) is 29.1. The number of benzene rings is 4. The molecule has 7 rings (SSSR count). The first kappa shape index (κ1) is 30.4. The standard InChI is InChI=1S/C44H35Se2/c1-5-16-37(17-6-1)41-29-35(30-42(45-41)38-18-7-2-8-19-38)26-24-33-14-13-15-34(28-33)25-27-36-31-43(39-20-9-3-10-21-39)46-44(32-36)40-22-11-4-12-23-40/h1-12,16-32H,13-15H2/q+1. The fraction of sp³-hybridized carbons (Fsp3) is 0.0682. The van der Waals surface area contributed by atoms with Gasteiger partial charge in [-0.15, -0.1) is 0 Å². The zero-order chi connectivity index (χ0) is 31.0. The van der Waals surface area contributed by atoms with Crippen LogP contribution in [0.2, 0.25) is 0 Å². The topological polar surface area (TPSA) is 0 Å². The summed E-state index contributed by atoms with van der Waals surface area (Å²) >= 11 is 0.523. The molecule has 0 amide bonds. The third kappa shape index (κ3) is 7.73. The van der Waals surface area contributed by atoms with E-state index in [4.69, 9.17) is 0 Å². The Kier molecular flexibility index (Phi) is 9.81. The third-order valence-corrected chi connectivity index (χ3v) is 13.0. The Hall–Kier alpha value is -4.29. The van der Waals surface area contributed by atoms with Gasteiger partial charge in [0.15, 0.2) is 0 Å². The van der Waals surface area contributed by atoms with Crippen molar-refractivity contribution in [1.82, 2.24) is 0 Å². The van der Waals surface area contributed by atoms with Crippen LogP contribution >= 0.6 is 0 Å². The van der Waals surface area contributed by atoms with Crippen LogP contribution in [0.4, 0.5) is 0 Å². The maximum atomic E-state index is 2.41. The summed E-state index contributed by atoms with van der Waals surface area (Å²) in [5.74, 6) is 0. The number of hydrogen-bond acceptors (Lipinski definition) is 0. The van der Waals surface area contributed by atoms with Gasteiger partial charge in [-0.2, -0.15) is 0 Å². The molecule has 1 aliphatic carbocycles. The van der Waals surface area contributed by atoms with Crippen LogP contribution in [0.15, 0.2) is 187 Å². The molecule has 0 saturated heterocycles. The molecule has 2 heterocycles. The fourth-order valence-corrected chi connectivity index (χ4v) is 10.5. The summed E-state index contributed by atoms with van der Waals surface area (Å²) in [7, 11) is 0. The SMILES string of the molecule is C(/C=C1C=C(/C=C/c2cc(-c3ccccc3)[se+]c(-c3ccccc3)c2)CCC/1)=C1C=C(c2ccccc2)[Se]C(c2ccccc2)=C1. The van der Waals surface area contributed by atoms with Crippen molar-refractivity contribution in [2.75, 3.05) is 0 Å². The summed E-state index contributed by atoms with van der Waals surface area (Å²) < 4.78 is 5.72. The molecule has 1 aromatic heterocycles. The first-order valence-corrected chi connectivity index (χ1v) is 19.3. The van der Waals surface area contributed by atoms with Gasteiger partial charge in [-0.25, -0.2) is 0 Å². The Labute approximate surface area is 285 Å². The molecule has 2 aliphatic rings. The molecule has 0 atom stereocenters. The molecular formula is C44H35Se2+. The third-order valence-electron chi connectivity index (χ3n) is 8.15. The van der Waals surface area contributed by atoms with Crippen molar-refractivity contribution < 1.29 is 0 Å². The van der Waals surface area contributed by atoms with Gasteiger partial charge in [-0.1, -0.05) is 0 Å². The monoisotopic (exact) mass is 723 g/mol. The molecule has 0 spiro atoms. The van der Waals surface area contributed by atoms with Crippen molar-refractivity contribution in [3.05, 3.63) is 203 Å². The Bertz CT molecular complexity index is 1880. The second-order valence-corrected chi connectivity index (χ2v) is 16.1. The molecule has 0 unspecified atom stereocenters. The summed E-state index contributed by atoms with van der Waals surface area (Å²) in [6.07, 6.45) is 19.9. The molecule has 0 saturated carbocycles. The van der Waals surface area contributed by atoms with Crippen LogP contribution in [-0.4, -0.2) is 29.5 Å². The van der Waals surface area contributed by atoms with Gasteiger partial charge in [0.2, 0.25) is 0 Å². The van der Waals surface area contributed by atoms with Gasteiger partial charge in [0.1, 0.15) is 0 Å². The van der Waals surface area contributed by atoms with E-state index in [-0.39, 0.29) is 29.5 Å². The van der Waals surface area contributed by atoms with Crippen molar-refractivity contribution in [2.24, 2.45) is 0 Å². The van der Waals surface area contributed by atoms with E-state index in [1.54, 1.807) is 0 Å². The van der Waals surface area contributed by atoms with Crippen LogP contribution in [0.5, 0.6) is 0 Å². The van der Waals surface area contributed by atoms with Gasteiger partial charge in [-0.3, -0.25) is 0 Å². The van der Waals surface area contributed by atoms with E-state index in [1.165, 1.54) is 68.8 Å². The first-order chi connectivity index (χ1) is 22.8. The molecule has 1 aliphatic heterocycles. The van der Waals surface area contributed by atoms with Crippen LogP contribution < -0.4 is 0 Å². The minimum atomic E-state index is 0.261. The summed E-state index contributed by atoms with van der Waals surface area (Å²) in [5.41, 5.74) is 10.6. The molecule has 0 bridgehead atoms. The average molecular weight is 722 g/mol. The zero-order valence-electron chi connectivity index (χ0n) is 25.7. The van der Waals surface area contributed by atoms with E-state index in [1.807, 2.05) is 0 Å². The van der Waals surface area contributed by atoms with Crippen molar-refractivity contribution in [3.63, 3.8) is 0 Å². The van der Waals surface area contributed by atoms with Crippen LogP contribution in [0.25, 0.3) is 35.0 Å². The van der Waals surface area contributed by atoms with E-state index in [9.17, 15) is 0 Å². The quantitative estimate of drug-likeness (QED) is 0.147. The molecule has 222 valence electrons. The normalized spacial score (nSPS) is 15.8. The van der Waals surface area contributed by atoms with Crippen LogP contribution in [-0.2, 0) is 0 Å². The molecular weight excluding hydrogens is 686 g/mol. The molecule has 4 aromatic carbocycles. The molecule has 2 heteroatoms. The van der Waals surface area contributed by atoms with Gasteiger partial charge >= 0.3 is 287 Å². The molecule has 46 heavy (non-hydrogen) atoms. The Morgan fingerprint density at radius 1 is 0.500 bits per heavy atom. The van der Waals surface area contributed by atoms with E-state index >= 15 is 0 Å². The Morgan fingerprint density at radius 3 is 1.52 bits per heavy atom. The number of hydrogen-bond donors (Lipinski definition) is 0. The average Bonchev–Trinajstić information content (AvgIpc) is 3.14.